The number of rotatable bonds is 7. The predicted octanol–water partition coefficient (Wildman–Crippen LogP) is 5.85. The molecule has 0 aliphatic carbocycles. The van der Waals surface area contributed by atoms with Gasteiger partial charge in [0, 0.05) is 41.3 Å². The molecule has 0 radical (unpaired) electrons. The van der Waals surface area contributed by atoms with Crippen LogP contribution in [0.2, 0.25) is 5.02 Å². The van der Waals surface area contributed by atoms with Gasteiger partial charge in [-0.2, -0.15) is 0 Å². The maximum absolute atomic E-state index is 12.6. The second-order valence-corrected chi connectivity index (χ2v) is 7.69. The van der Waals surface area contributed by atoms with E-state index in [4.69, 9.17) is 16.3 Å². The summed E-state index contributed by atoms with van der Waals surface area (Å²) in [6.07, 6.45) is 3.68. The van der Waals surface area contributed by atoms with Crippen LogP contribution in [-0.4, -0.2) is 20.4 Å². The SMILES string of the molecule is Cc1nccn1Cc1ccc(NC(=O)c2ccc(Oc3ccc(Cl)cc3[N+](=O)[O-])cc2)cc1. The van der Waals surface area contributed by atoms with Gasteiger partial charge in [-0.05, 0) is 61.0 Å². The Bertz CT molecular complexity index is 1300. The summed E-state index contributed by atoms with van der Waals surface area (Å²) in [6.45, 7) is 2.65. The Morgan fingerprint density at radius 1 is 1.12 bits per heavy atom. The zero-order valence-corrected chi connectivity index (χ0v) is 18.3. The van der Waals surface area contributed by atoms with Crippen LogP contribution in [0.5, 0.6) is 11.5 Å². The lowest BCUT2D eigenvalue weighted by molar-refractivity contribution is -0.385. The summed E-state index contributed by atoms with van der Waals surface area (Å²) in [6, 6.07) is 18.1. The van der Waals surface area contributed by atoms with Crippen molar-refractivity contribution < 1.29 is 14.5 Å². The Hall–Kier alpha value is -4.17. The smallest absolute Gasteiger partial charge is 0.313 e. The molecule has 0 unspecified atom stereocenters. The first kappa shape index (κ1) is 22.0. The van der Waals surface area contributed by atoms with Crippen LogP contribution in [0, 0.1) is 17.0 Å². The van der Waals surface area contributed by atoms with Crippen LogP contribution in [-0.2, 0) is 6.54 Å². The van der Waals surface area contributed by atoms with Crippen molar-refractivity contribution in [3.05, 3.63) is 111 Å². The van der Waals surface area contributed by atoms with Gasteiger partial charge in [0.2, 0.25) is 5.75 Å². The van der Waals surface area contributed by atoms with Crippen LogP contribution >= 0.6 is 11.6 Å². The Morgan fingerprint density at radius 2 is 1.85 bits per heavy atom. The topological polar surface area (TPSA) is 99.3 Å². The second kappa shape index (κ2) is 9.54. The average molecular weight is 463 g/mol. The predicted molar refractivity (Wildman–Crippen MR) is 125 cm³/mol. The Kier molecular flexibility index (Phi) is 6.37. The van der Waals surface area contributed by atoms with Gasteiger partial charge in [-0.25, -0.2) is 4.98 Å². The van der Waals surface area contributed by atoms with Gasteiger partial charge in [-0.15, -0.1) is 0 Å². The molecule has 3 aromatic carbocycles. The first-order chi connectivity index (χ1) is 15.9. The normalized spacial score (nSPS) is 10.6. The number of benzene rings is 3. The van der Waals surface area contributed by atoms with Gasteiger partial charge in [0.05, 0.1) is 4.92 Å². The van der Waals surface area contributed by atoms with E-state index >= 15 is 0 Å². The molecular weight excluding hydrogens is 444 g/mol. The molecule has 1 N–H and O–H groups in total. The molecule has 0 spiro atoms. The van der Waals surface area contributed by atoms with Crippen LogP contribution in [0.1, 0.15) is 21.7 Å². The molecule has 33 heavy (non-hydrogen) atoms. The molecule has 0 bridgehead atoms. The van der Waals surface area contributed by atoms with Gasteiger partial charge in [-0.3, -0.25) is 14.9 Å². The summed E-state index contributed by atoms with van der Waals surface area (Å²) in [5, 5.41) is 14.3. The number of anilines is 1. The molecule has 0 fully saturated rings. The van der Waals surface area contributed by atoms with Gasteiger partial charge in [0.25, 0.3) is 5.91 Å². The molecule has 0 saturated carbocycles. The average Bonchev–Trinajstić information content (AvgIpc) is 3.21. The van der Waals surface area contributed by atoms with Gasteiger partial charge in [0.1, 0.15) is 11.6 Å². The molecule has 166 valence electrons. The van der Waals surface area contributed by atoms with Crippen molar-refractivity contribution in [1.29, 1.82) is 0 Å². The molecule has 4 rings (SSSR count). The third-order valence-corrected chi connectivity index (χ3v) is 5.19. The number of aromatic nitrogens is 2. The molecule has 1 amide bonds. The minimum Gasteiger partial charge on any atom is -0.450 e. The van der Waals surface area contributed by atoms with Crippen molar-refractivity contribution in [3.8, 4) is 11.5 Å². The number of carbonyl (C=O) groups is 1. The monoisotopic (exact) mass is 462 g/mol. The summed E-state index contributed by atoms with van der Waals surface area (Å²) in [5.41, 5.74) is 1.94. The fourth-order valence-corrected chi connectivity index (χ4v) is 3.35. The molecular formula is C24H19ClN4O4. The number of amides is 1. The highest BCUT2D eigenvalue weighted by Crippen LogP contribution is 2.33. The van der Waals surface area contributed by atoms with Crippen molar-refractivity contribution >= 4 is 28.9 Å². The zero-order valence-electron chi connectivity index (χ0n) is 17.6. The molecule has 0 saturated heterocycles. The maximum atomic E-state index is 12.6. The van der Waals surface area contributed by atoms with Crippen LogP contribution in [0.3, 0.4) is 0 Å². The van der Waals surface area contributed by atoms with Crippen molar-refractivity contribution in [2.24, 2.45) is 0 Å². The number of imidazole rings is 1. The van der Waals surface area contributed by atoms with E-state index in [1.54, 1.807) is 30.5 Å². The van der Waals surface area contributed by atoms with Crippen molar-refractivity contribution in [2.75, 3.05) is 5.32 Å². The van der Waals surface area contributed by atoms with E-state index < -0.39 is 4.92 Å². The largest absolute Gasteiger partial charge is 0.450 e. The minimum absolute atomic E-state index is 0.0626. The highest BCUT2D eigenvalue weighted by Gasteiger charge is 2.17. The van der Waals surface area contributed by atoms with Crippen LogP contribution < -0.4 is 10.1 Å². The van der Waals surface area contributed by atoms with Gasteiger partial charge in [0.15, 0.2) is 0 Å². The molecule has 1 heterocycles. The number of halogens is 1. The summed E-state index contributed by atoms with van der Waals surface area (Å²) in [7, 11) is 0. The summed E-state index contributed by atoms with van der Waals surface area (Å²) >= 11 is 5.82. The lowest BCUT2D eigenvalue weighted by Gasteiger charge is -2.09. The van der Waals surface area contributed by atoms with Crippen LogP contribution in [0.25, 0.3) is 0 Å². The number of nitro groups is 1. The lowest BCUT2D eigenvalue weighted by Crippen LogP contribution is -2.11. The van der Waals surface area contributed by atoms with Crippen LogP contribution in [0.15, 0.2) is 79.1 Å². The molecule has 9 heteroatoms. The number of nitrogens with one attached hydrogen (secondary N) is 1. The highest BCUT2D eigenvalue weighted by atomic mass is 35.5. The number of nitro benzene ring substituents is 1. The van der Waals surface area contributed by atoms with Gasteiger partial charge < -0.3 is 14.6 Å². The third-order valence-electron chi connectivity index (χ3n) is 4.95. The van der Waals surface area contributed by atoms with E-state index in [2.05, 4.69) is 10.3 Å². The number of nitrogens with zero attached hydrogens (tertiary/aromatic N) is 3. The maximum Gasteiger partial charge on any atom is 0.313 e. The zero-order chi connectivity index (χ0) is 23.4. The van der Waals surface area contributed by atoms with E-state index in [1.807, 2.05) is 42.0 Å². The Morgan fingerprint density at radius 3 is 2.48 bits per heavy atom. The van der Waals surface area contributed by atoms with E-state index in [1.165, 1.54) is 18.2 Å². The second-order valence-electron chi connectivity index (χ2n) is 7.25. The number of hydrogen-bond donors (Lipinski definition) is 1. The Labute approximate surface area is 194 Å². The molecule has 1 aromatic heterocycles. The van der Waals surface area contributed by atoms with E-state index in [9.17, 15) is 14.9 Å². The first-order valence-electron chi connectivity index (χ1n) is 9.99. The van der Waals surface area contributed by atoms with Crippen LogP contribution in [0.4, 0.5) is 11.4 Å². The van der Waals surface area contributed by atoms with Crippen molar-refractivity contribution in [2.45, 2.75) is 13.5 Å². The molecule has 0 aliphatic heterocycles. The fraction of sp³-hybridized carbons (Fsp3) is 0.0833. The molecule has 4 aromatic rings. The third kappa shape index (κ3) is 5.36. The highest BCUT2D eigenvalue weighted by molar-refractivity contribution is 6.30. The van der Waals surface area contributed by atoms with E-state index in [0.717, 1.165) is 11.4 Å². The van der Waals surface area contributed by atoms with Crippen molar-refractivity contribution in [3.63, 3.8) is 0 Å². The van der Waals surface area contributed by atoms with Gasteiger partial charge >= 0.3 is 5.69 Å². The molecule has 0 aliphatic rings. The number of carbonyl (C=O) groups excluding carboxylic acids is 1. The molecule has 0 atom stereocenters. The fourth-order valence-electron chi connectivity index (χ4n) is 3.19. The van der Waals surface area contributed by atoms with E-state index in [-0.39, 0.29) is 22.4 Å². The minimum atomic E-state index is -0.565. The first-order valence-corrected chi connectivity index (χ1v) is 10.4. The molecule has 8 nitrogen and oxygen atoms in total. The van der Waals surface area contributed by atoms with Gasteiger partial charge in [-0.1, -0.05) is 23.7 Å². The van der Waals surface area contributed by atoms with E-state index in [0.29, 0.717) is 23.5 Å². The van der Waals surface area contributed by atoms with Crippen molar-refractivity contribution in [1.82, 2.24) is 9.55 Å². The summed E-state index contributed by atoms with van der Waals surface area (Å²) < 4.78 is 7.64. The lowest BCUT2D eigenvalue weighted by atomic mass is 10.1. The number of aryl methyl sites for hydroxylation is 1. The summed E-state index contributed by atoms with van der Waals surface area (Å²) in [5.74, 6) is 1.08. The Balaban J connectivity index is 1.40. The summed E-state index contributed by atoms with van der Waals surface area (Å²) in [4.78, 5) is 27.4. The number of ether oxygens (including phenoxy) is 1. The number of hydrogen-bond acceptors (Lipinski definition) is 5. The quantitative estimate of drug-likeness (QED) is 0.274. The standard InChI is InChI=1S/C24H19ClN4O4/c1-16-26-12-13-28(16)15-17-2-7-20(8-3-17)27-24(30)18-4-9-21(10-5-18)33-23-11-6-19(25)14-22(23)29(31)32/h2-14H,15H2,1H3,(H,27,30).